The fraction of sp³-hybridized carbons (Fsp3) is 0.579. The highest BCUT2D eigenvalue weighted by Gasteiger charge is 2.37. The van der Waals surface area contributed by atoms with Crippen molar-refractivity contribution in [1.29, 1.82) is 0 Å². The molecule has 0 radical (unpaired) electrons. The lowest BCUT2D eigenvalue weighted by molar-refractivity contribution is -0.137. The van der Waals surface area contributed by atoms with Crippen LogP contribution < -0.4 is 5.32 Å². The highest BCUT2D eigenvalue weighted by molar-refractivity contribution is 5.89. The van der Waals surface area contributed by atoms with E-state index in [1.54, 1.807) is 17.3 Å². The van der Waals surface area contributed by atoms with Gasteiger partial charge < -0.3 is 15.1 Å². The fourth-order valence-corrected chi connectivity index (χ4v) is 3.64. The van der Waals surface area contributed by atoms with Crippen LogP contribution in [0.2, 0.25) is 0 Å². The zero-order chi connectivity index (χ0) is 19.2. The lowest BCUT2D eigenvalue weighted by Gasteiger charge is -2.35. The van der Waals surface area contributed by atoms with Gasteiger partial charge in [-0.3, -0.25) is 24.3 Å². The summed E-state index contributed by atoms with van der Waals surface area (Å²) in [5, 5.41) is 2.79. The summed E-state index contributed by atoms with van der Waals surface area (Å²) >= 11 is 0. The molecule has 0 aliphatic carbocycles. The summed E-state index contributed by atoms with van der Waals surface area (Å²) in [6, 6.07) is 3.78. The second-order valence-electron chi connectivity index (χ2n) is 7.09. The number of pyridine rings is 1. The van der Waals surface area contributed by atoms with Crippen LogP contribution in [-0.2, 0) is 20.9 Å². The normalized spacial score (nSPS) is 20.8. The van der Waals surface area contributed by atoms with E-state index in [0.29, 0.717) is 52.4 Å². The summed E-state index contributed by atoms with van der Waals surface area (Å²) in [6.45, 7) is 6.43. The molecule has 2 aliphatic rings. The molecule has 8 nitrogen and oxygen atoms in total. The maximum absolute atomic E-state index is 12.8. The van der Waals surface area contributed by atoms with E-state index < -0.39 is 0 Å². The largest absolute Gasteiger partial charge is 0.355 e. The first-order chi connectivity index (χ1) is 13.1. The number of rotatable bonds is 6. The maximum Gasteiger partial charge on any atom is 0.234 e. The first-order valence-corrected chi connectivity index (χ1v) is 9.51. The van der Waals surface area contributed by atoms with Gasteiger partial charge in [-0.15, -0.1) is 0 Å². The van der Waals surface area contributed by atoms with Crippen molar-refractivity contribution in [1.82, 2.24) is 25.0 Å². The van der Waals surface area contributed by atoms with Gasteiger partial charge in [-0.05, 0) is 18.6 Å². The van der Waals surface area contributed by atoms with Gasteiger partial charge in [0.15, 0.2) is 0 Å². The highest BCUT2D eigenvalue weighted by atomic mass is 16.2. The Bertz CT molecular complexity index is 673. The smallest absolute Gasteiger partial charge is 0.234 e. The number of hydrogen-bond donors (Lipinski definition) is 1. The van der Waals surface area contributed by atoms with E-state index in [1.165, 1.54) is 0 Å². The lowest BCUT2D eigenvalue weighted by atomic mass is 10.1. The van der Waals surface area contributed by atoms with Crippen molar-refractivity contribution in [2.45, 2.75) is 19.9 Å². The van der Waals surface area contributed by atoms with Crippen LogP contribution in [0.3, 0.4) is 0 Å². The predicted octanol–water partition coefficient (Wildman–Crippen LogP) is -0.290. The number of carbonyl (C=O) groups excluding carboxylic acids is 3. The summed E-state index contributed by atoms with van der Waals surface area (Å²) < 4.78 is 0. The molecule has 1 atom stereocenters. The van der Waals surface area contributed by atoms with Crippen LogP contribution in [0.25, 0.3) is 0 Å². The van der Waals surface area contributed by atoms with Crippen LogP contribution in [0.1, 0.15) is 18.9 Å². The molecule has 2 fully saturated rings. The summed E-state index contributed by atoms with van der Waals surface area (Å²) in [6.07, 6.45) is 3.72. The Morgan fingerprint density at radius 1 is 1.26 bits per heavy atom. The van der Waals surface area contributed by atoms with Gasteiger partial charge in [0.05, 0.1) is 12.5 Å². The third-order valence-electron chi connectivity index (χ3n) is 5.09. The number of amides is 3. The van der Waals surface area contributed by atoms with Crippen molar-refractivity contribution in [3.05, 3.63) is 30.1 Å². The standard InChI is InChI=1S/C19H27N5O3/c1-2-21-17(25)14-22-6-8-23(9-7-22)19(27)16-10-18(26)24(13-16)12-15-4-3-5-20-11-15/h3-5,11,16H,2,6-10,12-14H2,1H3,(H,21,25)/t16-/m1/s1. The average molecular weight is 373 g/mol. The Morgan fingerprint density at radius 3 is 2.70 bits per heavy atom. The van der Waals surface area contributed by atoms with Crippen LogP contribution in [0.5, 0.6) is 0 Å². The zero-order valence-corrected chi connectivity index (χ0v) is 15.8. The van der Waals surface area contributed by atoms with Gasteiger partial charge in [0.25, 0.3) is 0 Å². The van der Waals surface area contributed by atoms with E-state index in [0.717, 1.165) is 5.56 Å². The van der Waals surface area contributed by atoms with Gasteiger partial charge in [-0.1, -0.05) is 6.07 Å². The van der Waals surface area contributed by atoms with Gasteiger partial charge in [-0.2, -0.15) is 0 Å². The van der Waals surface area contributed by atoms with Crippen molar-refractivity contribution in [3.63, 3.8) is 0 Å². The van der Waals surface area contributed by atoms with Crippen molar-refractivity contribution < 1.29 is 14.4 Å². The number of aromatic nitrogens is 1. The molecule has 3 rings (SSSR count). The maximum atomic E-state index is 12.8. The van der Waals surface area contributed by atoms with E-state index in [4.69, 9.17) is 0 Å². The third-order valence-corrected chi connectivity index (χ3v) is 5.09. The van der Waals surface area contributed by atoms with E-state index in [-0.39, 0.29) is 30.1 Å². The number of carbonyl (C=O) groups is 3. The number of likely N-dealkylation sites (tertiary alicyclic amines) is 1. The number of piperazine rings is 1. The second-order valence-corrected chi connectivity index (χ2v) is 7.09. The number of likely N-dealkylation sites (N-methyl/N-ethyl adjacent to an activating group) is 1. The van der Waals surface area contributed by atoms with Crippen molar-refractivity contribution in [2.24, 2.45) is 5.92 Å². The first-order valence-electron chi connectivity index (χ1n) is 9.51. The van der Waals surface area contributed by atoms with E-state index in [9.17, 15) is 14.4 Å². The molecule has 0 bridgehead atoms. The Balaban J connectivity index is 1.47. The van der Waals surface area contributed by atoms with E-state index >= 15 is 0 Å². The Morgan fingerprint density at radius 2 is 2.04 bits per heavy atom. The van der Waals surface area contributed by atoms with Crippen molar-refractivity contribution in [2.75, 3.05) is 45.8 Å². The monoisotopic (exact) mass is 373 g/mol. The minimum Gasteiger partial charge on any atom is -0.355 e. The summed E-state index contributed by atoms with van der Waals surface area (Å²) in [7, 11) is 0. The predicted molar refractivity (Wildman–Crippen MR) is 99.5 cm³/mol. The van der Waals surface area contributed by atoms with Crippen molar-refractivity contribution >= 4 is 17.7 Å². The number of nitrogens with zero attached hydrogens (tertiary/aromatic N) is 4. The summed E-state index contributed by atoms with van der Waals surface area (Å²) in [5.74, 6) is -0.185. The summed E-state index contributed by atoms with van der Waals surface area (Å²) in [4.78, 5) is 46.5. The molecule has 2 saturated heterocycles. The molecular formula is C19H27N5O3. The van der Waals surface area contributed by atoms with Crippen LogP contribution in [-0.4, -0.2) is 83.2 Å². The minimum atomic E-state index is -0.274. The van der Waals surface area contributed by atoms with Crippen LogP contribution in [0.15, 0.2) is 24.5 Å². The SMILES string of the molecule is CCNC(=O)CN1CCN(C(=O)[C@@H]2CC(=O)N(Cc3cccnc3)C2)CC1. The fourth-order valence-electron chi connectivity index (χ4n) is 3.64. The first kappa shape index (κ1) is 19.3. The molecule has 0 aromatic carbocycles. The molecule has 0 saturated carbocycles. The molecule has 8 heteroatoms. The van der Waals surface area contributed by atoms with E-state index in [2.05, 4.69) is 15.2 Å². The Labute approximate surface area is 159 Å². The molecule has 1 N–H and O–H groups in total. The Hall–Kier alpha value is -2.48. The number of nitrogens with one attached hydrogen (secondary N) is 1. The van der Waals surface area contributed by atoms with Gasteiger partial charge in [0.1, 0.15) is 0 Å². The van der Waals surface area contributed by atoms with Crippen molar-refractivity contribution in [3.8, 4) is 0 Å². The van der Waals surface area contributed by atoms with Gasteiger partial charge in [0.2, 0.25) is 17.7 Å². The Kier molecular flexibility index (Phi) is 6.39. The zero-order valence-electron chi connectivity index (χ0n) is 15.8. The van der Waals surface area contributed by atoms with Gasteiger partial charge in [-0.25, -0.2) is 0 Å². The number of hydrogen-bond acceptors (Lipinski definition) is 5. The topological polar surface area (TPSA) is 85.8 Å². The molecule has 3 heterocycles. The summed E-state index contributed by atoms with van der Waals surface area (Å²) in [5.41, 5.74) is 0.970. The average Bonchev–Trinajstić information content (AvgIpc) is 3.03. The quantitative estimate of drug-likeness (QED) is 0.741. The highest BCUT2D eigenvalue weighted by Crippen LogP contribution is 2.22. The van der Waals surface area contributed by atoms with Gasteiger partial charge >= 0.3 is 0 Å². The third kappa shape index (κ3) is 5.03. The molecule has 27 heavy (non-hydrogen) atoms. The molecule has 146 valence electrons. The molecule has 1 aromatic rings. The molecule has 0 unspecified atom stereocenters. The molecule has 2 aliphatic heterocycles. The van der Waals surface area contributed by atoms with Crippen LogP contribution >= 0.6 is 0 Å². The molecule has 0 spiro atoms. The minimum absolute atomic E-state index is 0.0182. The second kappa shape index (κ2) is 8.94. The van der Waals surface area contributed by atoms with Gasteiger partial charge in [0, 0.05) is 64.6 Å². The molecule has 1 aromatic heterocycles. The van der Waals surface area contributed by atoms with E-state index in [1.807, 2.05) is 24.0 Å². The molecule has 3 amide bonds. The molecular weight excluding hydrogens is 346 g/mol. The van der Waals surface area contributed by atoms with Crippen LogP contribution in [0.4, 0.5) is 0 Å². The van der Waals surface area contributed by atoms with Crippen LogP contribution in [0, 0.1) is 5.92 Å². The lowest BCUT2D eigenvalue weighted by Crippen LogP contribution is -2.52.